The Morgan fingerprint density at radius 2 is 1.53 bits per heavy atom. The second-order valence-corrected chi connectivity index (χ2v) is 4.20. The average molecular weight is 322 g/mol. The summed E-state index contributed by atoms with van der Waals surface area (Å²) in [6.07, 6.45) is 0.947. The van der Waals surface area contributed by atoms with Gasteiger partial charge >= 0.3 is 23.1 Å². The SMILES string of the molecule is [Br-].[Mg+2].[c-]1ccccc1Cc1cccc2ccccc12. The van der Waals surface area contributed by atoms with E-state index in [-0.39, 0.29) is 40.0 Å². The Bertz CT molecular complexity index is 630. The smallest absolute Gasteiger partial charge is 1.00 e. The minimum absolute atomic E-state index is 0. The van der Waals surface area contributed by atoms with Crippen molar-refractivity contribution in [1.29, 1.82) is 0 Å². The van der Waals surface area contributed by atoms with Crippen LogP contribution < -0.4 is 17.0 Å². The van der Waals surface area contributed by atoms with Crippen LogP contribution in [0.4, 0.5) is 0 Å². The fourth-order valence-corrected chi connectivity index (χ4v) is 2.19. The molecule has 0 aliphatic carbocycles. The maximum absolute atomic E-state index is 3.28. The molecule has 0 saturated heterocycles. The molecule has 0 aliphatic rings. The molecule has 19 heavy (non-hydrogen) atoms. The average Bonchev–Trinajstić information content (AvgIpc) is 2.40. The molecule has 0 spiro atoms. The summed E-state index contributed by atoms with van der Waals surface area (Å²) in [6, 6.07) is 26.5. The topological polar surface area (TPSA) is 0 Å². The predicted molar refractivity (Wildman–Crippen MR) is 77.8 cm³/mol. The first-order valence-corrected chi connectivity index (χ1v) is 5.86. The molecule has 90 valence electrons. The number of fused-ring (bicyclic) bond motifs is 1. The molecule has 0 N–H and O–H groups in total. The molecule has 2 heteroatoms. The normalized spacial score (nSPS) is 9.47. The molecular formula is C17H13BrMg. The number of rotatable bonds is 2. The van der Waals surface area contributed by atoms with Crippen molar-refractivity contribution in [2.45, 2.75) is 6.42 Å². The van der Waals surface area contributed by atoms with Gasteiger partial charge in [0.05, 0.1) is 0 Å². The van der Waals surface area contributed by atoms with Crippen molar-refractivity contribution >= 4 is 33.8 Å². The summed E-state index contributed by atoms with van der Waals surface area (Å²) in [7, 11) is 0. The van der Waals surface area contributed by atoms with E-state index in [2.05, 4.69) is 60.7 Å². The van der Waals surface area contributed by atoms with Crippen molar-refractivity contribution in [2.24, 2.45) is 0 Å². The number of halogens is 1. The minimum atomic E-state index is 0. The molecular weight excluding hydrogens is 308 g/mol. The van der Waals surface area contributed by atoms with Crippen LogP contribution in [0.25, 0.3) is 10.8 Å². The van der Waals surface area contributed by atoms with Gasteiger partial charge in [-0.25, -0.2) is 0 Å². The molecule has 0 saturated carbocycles. The van der Waals surface area contributed by atoms with Crippen molar-refractivity contribution in [2.75, 3.05) is 0 Å². The van der Waals surface area contributed by atoms with E-state index in [0.29, 0.717) is 0 Å². The zero-order valence-electron chi connectivity index (χ0n) is 10.6. The second kappa shape index (κ2) is 7.68. The van der Waals surface area contributed by atoms with Crippen LogP contribution >= 0.6 is 0 Å². The Labute approximate surface area is 140 Å². The van der Waals surface area contributed by atoms with Gasteiger partial charge in [-0.2, -0.15) is 35.9 Å². The molecule has 0 nitrogen and oxygen atoms in total. The molecule has 0 heterocycles. The van der Waals surface area contributed by atoms with Crippen LogP contribution in [0.15, 0.2) is 66.7 Å². The van der Waals surface area contributed by atoms with E-state index in [1.807, 2.05) is 12.1 Å². The van der Waals surface area contributed by atoms with Gasteiger partial charge in [-0.3, -0.25) is 0 Å². The van der Waals surface area contributed by atoms with Gasteiger partial charge in [-0.05, 0) is 22.8 Å². The van der Waals surface area contributed by atoms with Gasteiger partial charge in [0.2, 0.25) is 0 Å². The van der Waals surface area contributed by atoms with Gasteiger partial charge < -0.3 is 17.0 Å². The van der Waals surface area contributed by atoms with Gasteiger partial charge in [0.1, 0.15) is 0 Å². The standard InChI is InChI=1S/C17H13.BrH.Mg/c1-2-7-14(8-3-1)13-16-11-6-10-15-9-4-5-12-17(15)16;;/h1-7,9-12H,13H2;1H;/q-1;;+2/p-1. The van der Waals surface area contributed by atoms with Crippen LogP contribution in [0.5, 0.6) is 0 Å². The van der Waals surface area contributed by atoms with E-state index in [9.17, 15) is 0 Å². The summed E-state index contributed by atoms with van der Waals surface area (Å²) in [5.41, 5.74) is 2.61. The molecule has 0 unspecified atom stereocenters. The van der Waals surface area contributed by atoms with Crippen LogP contribution in [0.1, 0.15) is 11.1 Å². The Kier molecular flexibility index (Phi) is 6.56. The summed E-state index contributed by atoms with van der Waals surface area (Å²) in [5, 5.41) is 2.65. The zero-order chi connectivity index (χ0) is 11.5. The van der Waals surface area contributed by atoms with Gasteiger partial charge in [0.25, 0.3) is 0 Å². The Morgan fingerprint density at radius 3 is 2.32 bits per heavy atom. The maximum atomic E-state index is 3.28. The number of hydrogen-bond donors (Lipinski definition) is 0. The second-order valence-electron chi connectivity index (χ2n) is 4.20. The van der Waals surface area contributed by atoms with Gasteiger partial charge in [-0.1, -0.05) is 42.5 Å². The molecule has 0 bridgehead atoms. The molecule has 3 aromatic rings. The van der Waals surface area contributed by atoms with Crippen molar-refractivity contribution in [3.8, 4) is 0 Å². The van der Waals surface area contributed by atoms with Crippen LogP contribution in [0.3, 0.4) is 0 Å². The number of hydrogen-bond acceptors (Lipinski definition) is 0. The molecule has 3 aromatic carbocycles. The van der Waals surface area contributed by atoms with Crippen LogP contribution in [0.2, 0.25) is 0 Å². The van der Waals surface area contributed by atoms with E-state index in [1.54, 1.807) is 0 Å². The summed E-state index contributed by atoms with van der Waals surface area (Å²) in [5.74, 6) is 0. The van der Waals surface area contributed by atoms with E-state index < -0.39 is 0 Å². The summed E-state index contributed by atoms with van der Waals surface area (Å²) in [4.78, 5) is 0. The Balaban J connectivity index is 0.000000902. The van der Waals surface area contributed by atoms with Crippen molar-refractivity contribution < 1.29 is 17.0 Å². The minimum Gasteiger partial charge on any atom is -1.00 e. The zero-order valence-corrected chi connectivity index (χ0v) is 13.6. The van der Waals surface area contributed by atoms with Crippen LogP contribution in [-0.4, -0.2) is 23.1 Å². The first kappa shape index (κ1) is 16.2. The first-order chi connectivity index (χ1) is 8.43. The van der Waals surface area contributed by atoms with Crippen molar-refractivity contribution in [1.82, 2.24) is 0 Å². The fraction of sp³-hybridized carbons (Fsp3) is 0.0588. The first-order valence-electron chi connectivity index (χ1n) is 5.86. The molecule has 0 radical (unpaired) electrons. The molecule has 0 atom stereocenters. The van der Waals surface area contributed by atoms with Crippen molar-refractivity contribution in [3.05, 3.63) is 83.9 Å². The third kappa shape index (κ3) is 3.82. The summed E-state index contributed by atoms with van der Waals surface area (Å²) >= 11 is 0. The summed E-state index contributed by atoms with van der Waals surface area (Å²) < 4.78 is 0. The Hall–Kier alpha value is -0.834. The summed E-state index contributed by atoms with van der Waals surface area (Å²) in [6.45, 7) is 0. The van der Waals surface area contributed by atoms with Crippen molar-refractivity contribution in [3.63, 3.8) is 0 Å². The Morgan fingerprint density at radius 1 is 0.789 bits per heavy atom. The fourth-order valence-electron chi connectivity index (χ4n) is 2.19. The van der Waals surface area contributed by atoms with Crippen LogP contribution in [-0.2, 0) is 6.42 Å². The molecule has 0 fully saturated rings. The molecule has 0 aromatic heterocycles. The van der Waals surface area contributed by atoms with E-state index in [1.165, 1.54) is 21.9 Å². The van der Waals surface area contributed by atoms with Gasteiger partial charge in [0, 0.05) is 0 Å². The van der Waals surface area contributed by atoms with E-state index in [4.69, 9.17) is 0 Å². The molecule has 3 rings (SSSR count). The predicted octanol–water partition coefficient (Wildman–Crippen LogP) is 0.854. The van der Waals surface area contributed by atoms with E-state index >= 15 is 0 Å². The largest absolute Gasteiger partial charge is 2.00 e. The van der Waals surface area contributed by atoms with E-state index in [0.717, 1.165) is 6.42 Å². The third-order valence-corrected chi connectivity index (χ3v) is 3.03. The number of benzene rings is 3. The monoisotopic (exact) mass is 320 g/mol. The maximum Gasteiger partial charge on any atom is 2.00 e. The molecule has 0 amide bonds. The van der Waals surface area contributed by atoms with Gasteiger partial charge in [0.15, 0.2) is 0 Å². The third-order valence-electron chi connectivity index (χ3n) is 3.03. The molecule has 0 aliphatic heterocycles. The van der Waals surface area contributed by atoms with Gasteiger partial charge in [-0.15, -0.1) is 0 Å². The van der Waals surface area contributed by atoms with Crippen LogP contribution in [0, 0.1) is 6.07 Å². The quantitative estimate of drug-likeness (QED) is 0.485.